The van der Waals surface area contributed by atoms with E-state index in [4.69, 9.17) is 0 Å². The van der Waals surface area contributed by atoms with Crippen LogP contribution in [0.2, 0.25) is 0 Å². The average molecular weight is 202 g/mol. The molecule has 1 aromatic carbocycles. The van der Waals surface area contributed by atoms with Crippen molar-refractivity contribution >= 4 is 11.4 Å². The second kappa shape index (κ2) is 3.97. The molecule has 1 fully saturated rings. The van der Waals surface area contributed by atoms with Crippen molar-refractivity contribution in [2.75, 3.05) is 12.4 Å². The molecule has 1 aliphatic rings. The van der Waals surface area contributed by atoms with Crippen LogP contribution in [-0.4, -0.2) is 13.1 Å². The average Bonchev–Trinajstić information content (AvgIpc) is 3.02. The fourth-order valence-electron chi connectivity index (χ4n) is 1.64. The first-order chi connectivity index (χ1) is 7.20. The first kappa shape index (κ1) is 10.1. The van der Waals surface area contributed by atoms with Gasteiger partial charge in [-0.25, -0.2) is 0 Å². The topological polar surface area (TPSA) is 24.1 Å². The van der Waals surface area contributed by atoms with Gasteiger partial charge in [-0.15, -0.1) is 0 Å². The smallest absolute Gasteiger partial charge is 0.0374 e. The maximum absolute atomic E-state index is 4.07. The highest BCUT2D eigenvalue weighted by atomic mass is 15.0. The summed E-state index contributed by atoms with van der Waals surface area (Å²) in [5, 5.41) is 6.61. The van der Waals surface area contributed by atoms with Crippen LogP contribution in [-0.2, 0) is 0 Å². The van der Waals surface area contributed by atoms with Gasteiger partial charge in [0, 0.05) is 24.5 Å². The molecule has 2 N–H and O–H groups in total. The van der Waals surface area contributed by atoms with Crippen molar-refractivity contribution in [2.45, 2.75) is 25.8 Å². The Morgan fingerprint density at radius 2 is 2.13 bits per heavy atom. The fourth-order valence-corrected chi connectivity index (χ4v) is 1.64. The number of benzene rings is 1. The minimum absolute atomic E-state index is 0.664. The molecule has 2 nitrogen and oxygen atoms in total. The monoisotopic (exact) mass is 202 g/mol. The largest absolute Gasteiger partial charge is 0.388 e. The van der Waals surface area contributed by atoms with E-state index in [1.807, 2.05) is 7.05 Å². The highest BCUT2D eigenvalue weighted by Crippen LogP contribution is 2.25. The molecule has 0 heterocycles. The molecule has 1 aromatic rings. The Morgan fingerprint density at radius 1 is 1.40 bits per heavy atom. The predicted octanol–water partition coefficient (Wildman–Crippen LogP) is 2.76. The lowest BCUT2D eigenvalue weighted by atomic mass is 10.1. The van der Waals surface area contributed by atoms with Gasteiger partial charge in [-0.2, -0.15) is 0 Å². The van der Waals surface area contributed by atoms with Crippen LogP contribution in [0.1, 0.15) is 24.0 Å². The number of anilines is 1. The van der Waals surface area contributed by atoms with E-state index in [1.165, 1.54) is 29.7 Å². The van der Waals surface area contributed by atoms with Gasteiger partial charge in [0.25, 0.3) is 0 Å². The molecule has 0 aliphatic heterocycles. The van der Waals surface area contributed by atoms with Crippen molar-refractivity contribution in [3.63, 3.8) is 0 Å². The first-order valence-electron chi connectivity index (χ1n) is 5.45. The van der Waals surface area contributed by atoms with E-state index in [1.54, 1.807) is 0 Å². The highest BCUT2D eigenvalue weighted by molar-refractivity contribution is 5.67. The van der Waals surface area contributed by atoms with Crippen LogP contribution < -0.4 is 10.6 Å². The SMILES string of the molecule is C=C(NC1CC1)c1ccc(C)c(NC)c1. The Labute approximate surface area is 91.4 Å². The Hall–Kier alpha value is -1.44. The third-order valence-electron chi connectivity index (χ3n) is 2.81. The van der Waals surface area contributed by atoms with E-state index in [2.05, 4.69) is 42.3 Å². The molecule has 0 spiro atoms. The molecule has 80 valence electrons. The van der Waals surface area contributed by atoms with E-state index in [0.29, 0.717) is 6.04 Å². The van der Waals surface area contributed by atoms with Gasteiger partial charge in [-0.05, 0) is 37.0 Å². The zero-order valence-corrected chi connectivity index (χ0v) is 9.43. The van der Waals surface area contributed by atoms with Crippen LogP contribution >= 0.6 is 0 Å². The van der Waals surface area contributed by atoms with Crippen molar-refractivity contribution < 1.29 is 0 Å². The standard InChI is InChI=1S/C13H18N2/c1-9-4-5-11(8-13(9)14-3)10(2)15-12-6-7-12/h4-5,8,12,14-15H,2,6-7H2,1,3H3. The molecule has 2 heteroatoms. The third-order valence-corrected chi connectivity index (χ3v) is 2.81. The Morgan fingerprint density at radius 3 is 2.73 bits per heavy atom. The molecule has 15 heavy (non-hydrogen) atoms. The Kier molecular flexibility index (Phi) is 2.67. The summed E-state index contributed by atoms with van der Waals surface area (Å²) >= 11 is 0. The van der Waals surface area contributed by atoms with Crippen molar-refractivity contribution in [2.24, 2.45) is 0 Å². The lowest BCUT2D eigenvalue weighted by molar-refractivity contribution is 0.885. The molecule has 0 aromatic heterocycles. The number of nitrogens with one attached hydrogen (secondary N) is 2. The number of hydrogen-bond acceptors (Lipinski definition) is 2. The Balaban J connectivity index is 2.16. The Bertz CT molecular complexity index is 378. The molecule has 0 radical (unpaired) electrons. The molecule has 0 unspecified atom stereocenters. The van der Waals surface area contributed by atoms with Gasteiger partial charge in [-0.3, -0.25) is 0 Å². The van der Waals surface area contributed by atoms with E-state index >= 15 is 0 Å². The minimum Gasteiger partial charge on any atom is -0.388 e. The van der Waals surface area contributed by atoms with Gasteiger partial charge in [0.2, 0.25) is 0 Å². The first-order valence-corrected chi connectivity index (χ1v) is 5.45. The molecule has 1 aliphatic carbocycles. The van der Waals surface area contributed by atoms with Gasteiger partial charge >= 0.3 is 0 Å². The maximum atomic E-state index is 4.07. The van der Waals surface area contributed by atoms with Crippen molar-refractivity contribution in [1.29, 1.82) is 0 Å². The zero-order chi connectivity index (χ0) is 10.8. The summed E-state index contributed by atoms with van der Waals surface area (Å²) in [4.78, 5) is 0. The quantitative estimate of drug-likeness (QED) is 0.784. The van der Waals surface area contributed by atoms with Gasteiger partial charge in [0.1, 0.15) is 0 Å². The van der Waals surface area contributed by atoms with Crippen LogP contribution in [0.4, 0.5) is 5.69 Å². The molecular weight excluding hydrogens is 184 g/mol. The molecule has 0 saturated heterocycles. The van der Waals surface area contributed by atoms with Gasteiger partial charge in [0.15, 0.2) is 0 Å². The summed E-state index contributed by atoms with van der Waals surface area (Å²) in [7, 11) is 1.95. The van der Waals surface area contributed by atoms with Crippen LogP contribution in [0.25, 0.3) is 5.70 Å². The van der Waals surface area contributed by atoms with Gasteiger partial charge < -0.3 is 10.6 Å². The summed E-state index contributed by atoms with van der Waals surface area (Å²) in [6.07, 6.45) is 2.56. The number of hydrogen-bond donors (Lipinski definition) is 2. The van der Waals surface area contributed by atoms with Crippen LogP contribution in [0.5, 0.6) is 0 Å². The van der Waals surface area contributed by atoms with Crippen LogP contribution in [0.15, 0.2) is 24.8 Å². The fraction of sp³-hybridized carbons (Fsp3) is 0.385. The minimum atomic E-state index is 0.664. The molecule has 2 rings (SSSR count). The normalized spacial score (nSPS) is 14.8. The predicted molar refractivity (Wildman–Crippen MR) is 65.9 cm³/mol. The van der Waals surface area contributed by atoms with Crippen molar-refractivity contribution in [1.82, 2.24) is 5.32 Å². The molecule has 0 bridgehead atoms. The molecule has 0 atom stereocenters. The van der Waals surface area contributed by atoms with E-state index in [9.17, 15) is 0 Å². The van der Waals surface area contributed by atoms with E-state index in [-0.39, 0.29) is 0 Å². The van der Waals surface area contributed by atoms with Gasteiger partial charge in [0.05, 0.1) is 0 Å². The maximum Gasteiger partial charge on any atom is 0.0374 e. The van der Waals surface area contributed by atoms with E-state index in [0.717, 1.165) is 5.70 Å². The van der Waals surface area contributed by atoms with Gasteiger partial charge in [-0.1, -0.05) is 18.7 Å². The second-order valence-corrected chi connectivity index (χ2v) is 4.18. The van der Waals surface area contributed by atoms with Crippen molar-refractivity contribution in [3.8, 4) is 0 Å². The summed E-state index contributed by atoms with van der Waals surface area (Å²) in [6, 6.07) is 7.05. The van der Waals surface area contributed by atoms with E-state index < -0.39 is 0 Å². The lowest BCUT2D eigenvalue weighted by Gasteiger charge is -2.11. The number of rotatable bonds is 4. The summed E-state index contributed by atoms with van der Waals surface area (Å²) in [5.74, 6) is 0. The zero-order valence-electron chi connectivity index (χ0n) is 9.43. The highest BCUT2D eigenvalue weighted by Gasteiger charge is 2.21. The van der Waals surface area contributed by atoms with Crippen LogP contribution in [0.3, 0.4) is 0 Å². The number of aryl methyl sites for hydroxylation is 1. The lowest BCUT2D eigenvalue weighted by Crippen LogP contribution is -2.13. The summed E-state index contributed by atoms with van der Waals surface area (Å²) in [6.45, 7) is 6.18. The summed E-state index contributed by atoms with van der Waals surface area (Å²) in [5.41, 5.74) is 4.65. The second-order valence-electron chi connectivity index (χ2n) is 4.18. The molecular formula is C13H18N2. The third kappa shape index (κ3) is 2.32. The molecule has 1 saturated carbocycles. The van der Waals surface area contributed by atoms with Crippen molar-refractivity contribution in [3.05, 3.63) is 35.9 Å². The summed E-state index contributed by atoms with van der Waals surface area (Å²) < 4.78 is 0. The molecule has 0 amide bonds. The van der Waals surface area contributed by atoms with Crippen LogP contribution in [0, 0.1) is 6.92 Å².